The summed E-state index contributed by atoms with van der Waals surface area (Å²) in [5.41, 5.74) is 1.21. The highest BCUT2D eigenvalue weighted by Crippen LogP contribution is 2.24. The molecule has 0 saturated heterocycles. The zero-order valence-electron chi connectivity index (χ0n) is 14.2. The molecule has 7 nitrogen and oxygen atoms in total. The zero-order chi connectivity index (χ0) is 18.2. The molecule has 0 aliphatic carbocycles. The van der Waals surface area contributed by atoms with Crippen LogP contribution in [0.1, 0.15) is 25.8 Å². The third-order valence-electron chi connectivity index (χ3n) is 3.69. The van der Waals surface area contributed by atoms with E-state index >= 15 is 0 Å². The lowest BCUT2D eigenvalue weighted by molar-refractivity contribution is -0.390. The van der Waals surface area contributed by atoms with Gasteiger partial charge in [0.15, 0.2) is 6.10 Å². The number of aromatic nitrogens is 1. The summed E-state index contributed by atoms with van der Waals surface area (Å²) in [7, 11) is 0. The van der Waals surface area contributed by atoms with E-state index in [4.69, 9.17) is 4.74 Å². The number of carbonyl (C=O) groups excluding carboxylic acids is 1. The molecular formula is C18H21N3O4. The second-order valence-electron chi connectivity index (χ2n) is 5.78. The molecule has 0 aliphatic rings. The Bertz CT molecular complexity index is 721. The number of hydrogen-bond acceptors (Lipinski definition) is 5. The van der Waals surface area contributed by atoms with Crippen molar-refractivity contribution in [1.82, 2.24) is 10.3 Å². The van der Waals surface area contributed by atoms with E-state index in [-0.39, 0.29) is 17.7 Å². The van der Waals surface area contributed by atoms with Crippen LogP contribution in [0.5, 0.6) is 5.75 Å². The van der Waals surface area contributed by atoms with Gasteiger partial charge in [-0.2, -0.15) is 0 Å². The predicted octanol–water partition coefficient (Wildman–Crippen LogP) is 2.89. The van der Waals surface area contributed by atoms with E-state index in [1.807, 2.05) is 37.3 Å². The lowest BCUT2D eigenvalue weighted by Gasteiger charge is -2.18. The van der Waals surface area contributed by atoms with Gasteiger partial charge in [-0.3, -0.25) is 4.79 Å². The number of benzene rings is 1. The van der Waals surface area contributed by atoms with Crippen LogP contribution in [0.25, 0.3) is 0 Å². The fraction of sp³-hybridized carbons (Fsp3) is 0.333. The molecule has 2 rings (SSSR count). The van der Waals surface area contributed by atoms with Gasteiger partial charge in [-0.05, 0) is 54.3 Å². The number of rotatable bonds is 8. The summed E-state index contributed by atoms with van der Waals surface area (Å²) >= 11 is 0. The van der Waals surface area contributed by atoms with Gasteiger partial charge in [0.25, 0.3) is 5.91 Å². The molecular weight excluding hydrogens is 322 g/mol. The third-order valence-corrected chi connectivity index (χ3v) is 3.69. The first-order valence-corrected chi connectivity index (χ1v) is 8.07. The Morgan fingerprint density at radius 2 is 1.96 bits per heavy atom. The smallest absolute Gasteiger partial charge is 0.406 e. The number of nitro groups is 1. The van der Waals surface area contributed by atoms with Crippen LogP contribution in [-0.4, -0.2) is 28.0 Å². The third kappa shape index (κ3) is 5.56. The van der Waals surface area contributed by atoms with Crippen LogP contribution in [-0.2, 0) is 11.2 Å². The first kappa shape index (κ1) is 18.4. The molecule has 0 saturated carbocycles. The summed E-state index contributed by atoms with van der Waals surface area (Å²) in [5.74, 6) is -0.745. The first-order valence-electron chi connectivity index (χ1n) is 8.07. The molecule has 2 atom stereocenters. The van der Waals surface area contributed by atoms with E-state index in [9.17, 15) is 14.9 Å². The monoisotopic (exact) mass is 343 g/mol. The van der Waals surface area contributed by atoms with Crippen molar-refractivity contribution in [3.63, 3.8) is 0 Å². The van der Waals surface area contributed by atoms with Gasteiger partial charge in [-0.25, -0.2) is 0 Å². The van der Waals surface area contributed by atoms with Gasteiger partial charge in [0.05, 0.1) is 0 Å². The number of nitrogens with zero attached hydrogens (tertiary/aromatic N) is 2. The van der Waals surface area contributed by atoms with Crippen molar-refractivity contribution in [2.24, 2.45) is 0 Å². The highest BCUT2D eigenvalue weighted by Gasteiger charge is 2.22. The van der Waals surface area contributed by atoms with Gasteiger partial charge in [-0.1, -0.05) is 30.3 Å². The van der Waals surface area contributed by atoms with Crippen molar-refractivity contribution < 1.29 is 14.5 Å². The summed E-state index contributed by atoms with van der Waals surface area (Å²) in [6.07, 6.45) is 2.09. The lowest BCUT2D eigenvalue weighted by Crippen LogP contribution is -2.41. The molecule has 0 unspecified atom stereocenters. The molecule has 0 aliphatic heterocycles. The molecule has 132 valence electrons. The molecule has 25 heavy (non-hydrogen) atoms. The van der Waals surface area contributed by atoms with Gasteiger partial charge in [-0.15, -0.1) is 0 Å². The summed E-state index contributed by atoms with van der Waals surface area (Å²) in [6, 6.07) is 12.9. The fourth-order valence-electron chi connectivity index (χ4n) is 2.32. The average molecular weight is 343 g/mol. The van der Waals surface area contributed by atoms with Crippen molar-refractivity contribution in [2.75, 3.05) is 0 Å². The standard InChI is InChI=1S/C18H21N3O4/c1-13(10-11-15-7-4-3-5-8-15)20-18(22)14(2)25-16-9-6-12-19-17(16)21(23)24/h3-9,12-14H,10-11H2,1-2H3,(H,20,22)/t13-,14-/m0/s1. The van der Waals surface area contributed by atoms with Crippen LogP contribution in [0.15, 0.2) is 48.7 Å². The van der Waals surface area contributed by atoms with Crippen molar-refractivity contribution >= 4 is 11.7 Å². The predicted molar refractivity (Wildman–Crippen MR) is 93.3 cm³/mol. The van der Waals surface area contributed by atoms with E-state index < -0.39 is 16.8 Å². The molecule has 1 amide bonds. The molecule has 0 radical (unpaired) electrons. The molecule has 1 aromatic heterocycles. The summed E-state index contributed by atoms with van der Waals surface area (Å²) < 4.78 is 5.42. The minimum absolute atomic E-state index is 0.0212. The molecule has 0 spiro atoms. The number of amides is 1. The Labute approximate surface area is 146 Å². The molecule has 0 bridgehead atoms. The first-order chi connectivity index (χ1) is 12.0. The number of hydrogen-bond donors (Lipinski definition) is 1. The van der Waals surface area contributed by atoms with Crippen LogP contribution in [0.2, 0.25) is 0 Å². The van der Waals surface area contributed by atoms with E-state index in [1.54, 1.807) is 6.92 Å². The topological polar surface area (TPSA) is 94.4 Å². The molecule has 2 aromatic rings. The minimum atomic E-state index is -0.859. The maximum atomic E-state index is 12.2. The summed E-state index contributed by atoms with van der Waals surface area (Å²) in [6.45, 7) is 3.47. The quantitative estimate of drug-likeness (QED) is 0.587. The van der Waals surface area contributed by atoms with Crippen molar-refractivity contribution in [3.05, 3.63) is 64.3 Å². The van der Waals surface area contributed by atoms with Crippen LogP contribution in [0.3, 0.4) is 0 Å². The minimum Gasteiger partial charge on any atom is -0.473 e. The van der Waals surface area contributed by atoms with Crippen LogP contribution >= 0.6 is 0 Å². The van der Waals surface area contributed by atoms with Crippen LogP contribution in [0, 0.1) is 10.1 Å². The molecule has 1 N–H and O–H groups in total. The van der Waals surface area contributed by atoms with E-state index in [0.717, 1.165) is 12.8 Å². The number of ether oxygens (including phenoxy) is 1. The highest BCUT2D eigenvalue weighted by atomic mass is 16.6. The Kier molecular flexibility index (Phi) is 6.45. The van der Waals surface area contributed by atoms with Gasteiger partial charge in [0, 0.05) is 6.04 Å². The summed E-state index contributed by atoms with van der Waals surface area (Å²) in [4.78, 5) is 26.2. The maximum absolute atomic E-state index is 12.2. The van der Waals surface area contributed by atoms with Gasteiger partial charge in [0.1, 0.15) is 6.20 Å². The molecule has 1 heterocycles. The zero-order valence-corrected chi connectivity index (χ0v) is 14.2. The van der Waals surface area contributed by atoms with Crippen molar-refractivity contribution in [1.29, 1.82) is 0 Å². The summed E-state index contributed by atoms with van der Waals surface area (Å²) in [5, 5.41) is 13.8. The Balaban J connectivity index is 1.86. The second-order valence-corrected chi connectivity index (χ2v) is 5.78. The Hall–Kier alpha value is -2.96. The van der Waals surface area contributed by atoms with Gasteiger partial charge >= 0.3 is 5.82 Å². The number of carbonyl (C=O) groups is 1. The van der Waals surface area contributed by atoms with E-state index in [0.29, 0.717) is 0 Å². The number of pyridine rings is 1. The lowest BCUT2D eigenvalue weighted by atomic mass is 10.1. The number of aryl methyl sites for hydroxylation is 1. The van der Waals surface area contributed by atoms with Crippen molar-refractivity contribution in [2.45, 2.75) is 38.8 Å². The maximum Gasteiger partial charge on any atom is 0.406 e. The Morgan fingerprint density at radius 3 is 2.64 bits per heavy atom. The SMILES string of the molecule is C[C@H](Oc1cccnc1[N+](=O)[O-])C(=O)N[C@@H](C)CCc1ccccc1. The van der Waals surface area contributed by atoms with Crippen molar-refractivity contribution in [3.8, 4) is 5.75 Å². The van der Waals surface area contributed by atoms with Crippen LogP contribution in [0.4, 0.5) is 5.82 Å². The fourth-order valence-corrected chi connectivity index (χ4v) is 2.32. The van der Waals surface area contributed by atoms with Gasteiger partial charge in [0.2, 0.25) is 5.75 Å². The highest BCUT2D eigenvalue weighted by molar-refractivity contribution is 5.81. The second kappa shape index (κ2) is 8.77. The van der Waals surface area contributed by atoms with Gasteiger partial charge < -0.3 is 20.2 Å². The molecule has 1 aromatic carbocycles. The molecule has 0 fully saturated rings. The largest absolute Gasteiger partial charge is 0.473 e. The van der Waals surface area contributed by atoms with E-state index in [2.05, 4.69) is 10.3 Å². The normalized spacial score (nSPS) is 12.9. The van der Waals surface area contributed by atoms with Crippen LogP contribution < -0.4 is 10.1 Å². The average Bonchev–Trinajstić information content (AvgIpc) is 2.61. The number of nitrogens with one attached hydrogen (secondary N) is 1. The van der Waals surface area contributed by atoms with E-state index in [1.165, 1.54) is 23.9 Å². The Morgan fingerprint density at radius 1 is 1.24 bits per heavy atom. The molecule has 7 heteroatoms.